The molecule has 0 aliphatic heterocycles. The standard InChI is InChI=1S/C17H18N2O2S/c1-2-11-22-16-9-3-13(4-10-16)12-18-19-15-7-5-14(6-8-15)17(20)21/h3-10,12,19H,2,11H2,1H3,(H,20,21). The number of nitrogens with zero attached hydrogens (tertiary/aromatic N) is 1. The van der Waals surface area contributed by atoms with E-state index in [9.17, 15) is 4.79 Å². The number of aromatic carboxylic acids is 1. The van der Waals surface area contributed by atoms with E-state index in [1.165, 1.54) is 11.3 Å². The van der Waals surface area contributed by atoms with E-state index in [0.29, 0.717) is 0 Å². The van der Waals surface area contributed by atoms with Gasteiger partial charge >= 0.3 is 5.97 Å². The molecule has 2 aromatic carbocycles. The number of anilines is 1. The van der Waals surface area contributed by atoms with Gasteiger partial charge in [0.05, 0.1) is 17.5 Å². The van der Waals surface area contributed by atoms with Crippen LogP contribution in [0.4, 0.5) is 5.69 Å². The first-order valence-electron chi connectivity index (χ1n) is 7.04. The number of hydrogen-bond donors (Lipinski definition) is 2. The number of hydrogen-bond acceptors (Lipinski definition) is 4. The molecule has 2 aromatic rings. The monoisotopic (exact) mass is 314 g/mol. The van der Waals surface area contributed by atoms with Gasteiger partial charge in [-0.2, -0.15) is 5.10 Å². The lowest BCUT2D eigenvalue weighted by Gasteiger charge is -2.02. The summed E-state index contributed by atoms with van der Waals surface area (Å²) in [5.41, 5.74) is 4.89. The Morgan fingerprint density at radius 1 is 1.18 bits per heavy atom. The molecule has 0 aromatic heterocycles. The highest BCUT2D eigenvalue weighted by molar-refractivity contribution is 7.99. The normalized spacial score (nSPS) is 10.8. The van der Waals surface area contributed by atoms with Crippen LogP contribution in [-0.4, -0.2) is 23.0 Å². The maximum atomic E-state index is 10.8. The van der Waals surface area contributed by atoms with Gasteiger partial charge in [-0.15, -0.1) is 11.8 Å². The average Bonchev–Trinajstić information content (AvgIpc) is 2.54. The zero-order valence-corrected chi connectivity index (χ0v) is 13.1. The summed E-state index contributed by atoms with van der Waals surface area (Å²) >= 11 is 1.85. The molecule has 0 radical (unpaired) electrons. The van der Waals surface area contributed by atoms with Crippen molar-refractivity contribution in [2.45, 2.75) is 18.2 Å². The Hall–Kier alpha value is -2.27. The number of nitrogens with one attached hydrogen (secondary N) is 1. The van der Waals surface area contributed by atoms with Gasteiger partial charge in [-0.25, -0.2) is 4.79 Å². The molecule has 5 heteroatoms. The zero-order chi connectivity index (χ0) is 15.8. The Morgan fingerprint density at radius 3 is 2.45 bits per heavy atom. The van der Waals surface area contributed by atoms with Crippen LogP contribution in [-0.2, 0) is 0 Å². The number of carboxylic acid groups (broad SMARTS) is 1. The Kier molecular flexibility index (Phi) is 6.03. The number of hydrazone groups is 1. The van der Waals surface area contributed by atoms with Crippen LogP contribution < -0.4 is 5.43 Å². The molecule has 2 rings (SSSR count). The fraction of sp³-hybridized carbons (Fsp3) is 0.176. The predicted molar refractivity (Wildman–Crippen MR) is 92.1 cm³/mol. The van der Waals surface area contributed by atoms with Crippen LogP contribution >= 0.6 is 11.8 Å². The molecule has 2 N–H and O–H groups in total. The van der Waals surface area contributed by atoms with Gasteiger partial charge in [-0.3, -0.25) is 5.43 Å². The molecule has 0 aliphatic carbocycles. The largest absolute Gasteiger partial charge is 0.478 e. The number of rotatable bonds is 7. The SMILES string of the molecule is CCCSc1ccc(C=NNc2ccc(C(=O)O)cc2)cc1. The number of thioether (sulfide) groups is 1. The first-order chi connectivity index (χ1) is 10.7. The number of carboxylic acids is 1. The summed E-state index contributed by atoms with van der Waals surface area (Å²) in [5, 5.41) is 13.0. The van der Waals surface area contributed by atoms with E-state index in [1.54, 1.807) is 30.5 Å². The van der Waals surface area contributed by atoms with Gasteiger partial charge in [0.2, 0.25) is 0 Å². The fourth-order valence-corrected chi connectivity index (χ4v) is 2.51. The first-order valence-corrected chi connectivity index (χ1v) is 8.03. The molecular weight excluding hydrogens is 296 g/mol. The van der Waals surface area contributed by atoms with Crippen molar-refractivity contribution in [2.24, 2.45) is 5.10 Å². The van der Waals surface area contributed by atoms with E-state index in [-0.39, 0.29) is 5.56 Å². The lowest BCUT2D eigenvalue weighted by atomic mass is 10.2. The molecule has 0 fully saturated rings. The summed E-state index contributed by atoms with van der Waals surface area (Å²) < 4.78 is 0. The summed E-state index contributed by atoms with van der Waals surface area (Å²) in [6.45, 7) is 2.17. The van der Waals surface area contributed by atoms with Crippen molar-refractivity contribution < 1.29 is 9.90 Å². The summed E-state index contributed by atoms with van der Waals surface area (Å²) in [6.07, 6.45) is 2.90. The van der Waals surface area contributed by atoms with E-state index < -0.39 is 5.97 Å². The minimum absolute atomic E-state index is 0.259. The summed E-state index contributed by atoms with van der Waals surface area (Å²) in [6, 6.07) is 14.7. The van der Waals surface area contributed by atoms with Crippen molar-refractivity contribution >= 4 is 29.6 Å². The van der Waals surface area contributed by atoms with Crippen LogP contribution in [0.3, 0.4) is 0 Å². The van der Waals surface area contributed by atoms with Crippen molar-refractivity contribution in [3.8, 4) is 0 Å². The number of carbonyl (C=O) groups is 1. The summed E-state index contributed by atoms with van der Waals surface area (Å²) in [5.74, 6) is 0.192. The van der Waals surface area contributed by atoms with Crippen molar-refractivity contribution in [3.05, 3.63) is 59.7 Å². The van der Waals surface area contributed by atoms with Crippen molar-refractivity contribution in [1.82, 2.24) is 0 Å². The van der Waals surface area contributed by atoms with Gasteiger partial charge in [-0.05, 0) is 54.1 Å². The minimum atomic E-state index is -0.934. The smallest absolute Gasteiger partial charge is 0.335 e. The molecule has 0 saturated carbocycles. The van der Waals surface area contributed by atoms with Gasteiger partial charge in [0.1, 0.15) is 0 Å². The molecule has 0 bridgehead atoms. The molecule has 0 aliphatic rings. The maximum absolute atomic E-state index is 10.8. The molecule has 0 atom stereocenters. The molecular formula is C17H18N2O2S. The van der Waals surface area contributed by atoms with Crippen LogP contribution in [0.1, 0.15) is 29.3 Å². The Morgan fingerprint density at radius 2 is 1.86 bits per heavy atom. The second-order valence-electron chi connectivity index (χ2n) is 4.67. The molecule has 0 unspecified atom stereocenters. The predicted octanol–water partition coefficient (Wildman–Crippen LogP) is 4.33. The Labute approximate surface area is 134 Å². The zero-order valence-electron chi connectivity index (χ0n) is 12.3. The highest BCUT2D eigenvalue weighted by atomic mass is 32.2. The lowest BCUT2D eigenvalue weighted by Crippen LogP contribution is -1.96. The van der Waals surface area contributed by atoms with E-state index in [2.05, 4.69) is 29.6 Å². The maximum Gasteiger partial charge on any atom is 0.335 e. The summed E-state index contributed by atoms with van der Waals surface area (Å²) in [4.78, 5) is 12.0. The van der Waals surface area contributed by atoms with Crippen molar-refractivity contribution in [3.63, 3.8) is 0 Å². The molecule has 0 amide bonds. The molecule has 22 heavy (non-hydrogen) atoms. The molecule has 0 saturated heterocycles. The van der Waals surface area contributed by atoms with Crippen LogP contribution in [0.25, 0.3) is 0 Å². The van der Waals surface area contributed by atoms with E-state index in [0.717, 1.165) is 17.0 Å². The summed E-state index contributed by atoms with van der Waals surface area (Å²) in [7, 11) is 0. The van der Waals surface area contributed by atoms with Crippen LogP contribution in [0, 0.1) is 0 Å². The Balaban J connectivity index is 1.90. The van der Waals surface area contributed by atoms with E-state index >= 15 is 0 Å². The molecule has 0 heterocycles. The fourth-order valence-electron chi connectivity index (χ4n) is 1.74. The van der Waals surface area contributed by atoms with Gasteiger partial charge in [0, 0.05) is 4.90 Å². The van der Waals surface area contributed by atoms with Crippen LogP contribution in [0.2, 0.25) is 0 Å². The van der Waals surface area contributed by atoms with Crippen molar-refractivity contribution in [2.75, 3.05) is 11.2 Å². The quantitative estimate of drug-likeness (QED) is 0.453. The second kappa shape index (κ2) is 8.24. The second-order valence-corrected chi connectivity index (χ2v) is 5.84. The van der Waals surface area contributed by atoms with Gasteiger partial charge < -0.3 is 5.11 Å². The minimum Gasteiger partial charge on any atom is -0.478 e. The highest BCUT2D eigenvalue weighted by Crippen LogP contribution is 2.18. The third kappa shape index (κ3) is 4.93. The molecule has 4 nitrogen and oxygen atoms in total. The molecule has 114 valence electrons. The van der Waals surface area contributed by atoms with E-state index in [1.807, 2.05) is 23.9 Å². The third-order valence-electron chi connectivity index (χ3n) is 2.89. The topological polar surface area (TPSA) is 61.7 Å². The Bertz CT molecular complexity index is 637. The van der Waals surface area contributed by atoms with Gasteiger partial charge in [0.25, 0.3) is 0 Å². The van der Waals surface area contributed by atoms with Crippen molar-refractivity contribution in [1.29, 1.82) is 0 Å². The van der Waals surface area contributed by atoms with E-state index in [4.69, 9.17) is 5.11 Å². The highest BCUT2D eigenvalue weighted by Gasteiger charge is 2.00. The number of benzene rings is 2. The van der Waals surface area contributed by atoms with Gasteiger partial charge in [-0.1, -0.05) is 19.1 Å². The average molecular weight is 314 g/mol. The lowest BCUT2D eigenvalue weighted by molar-refractivity contribution is 0.0697. The van der Waals surface area contributed by atoms with Gasteiger partial charge in [0.15, 0.2) is 0 Å². The molecule has 0 spiro atoms. The third-order valence-corrected chi connectivity index (χ3v) is 4.11. The van der Waals surface area contributed by atoms with Crippen LogP contribution in [0.5, 0.6) is 0 Å². The van der Waals surface area contributed by atoms with Crippen LogP contribution in [0.15, 0.2) is 58.5 Å². The first kappa shape index (κ1) is 16.1.